The Balaban J connectivity index is 0.00000280. The Labute approximate surface area is 191 Å². The maximum absolute atomic E-state index is 6.11. The second-order valence-electron chi connectivity index (χ2n) is 8.52. The minimum absolute atomic E-state index is 0. The Morgan fingerprint density at radius 1 is 1.36 bits per heavy atom. The summed E-state index contributed by atoms with van der Waals surface area (Å²) in [6.07, 6.45) is 3.78. The highest BCUT2D eigenvalue weighted by molar-refractivity contribution is 14.0. The van der Waals surface area contributed by atoms with Crippen molar-refractivity contribution in [1.82, 2.24) is 15.5 Å². The maximum atomic E-state index is 6.11. The Kier molecular flexibility index (Phi) is 9.31. The number of hydrogen-bond acceptors (Lipinski definition) is 3. The molecule has 0 bridgehead atoms. The van der Waals surface area contributed by atoms with Crippen molar-refractivity contribution in [2.75, 3.05) is 39.8 Å². The summed E-state index contributed by atoms with van der Waals surface area (Å²) in [6.45, 7) is 9.24. The summed E-state index contributed by atoms with van der Waals surface area (Å²) in [5.41, 5.74) is 1.35. The van der Waals surface area contributed by atoms with E-state index in [4.69, 9.17) is 16.3 Å². The zero-order valence-electron chi connectivity index (χ0n) is 17.2. The van der Waals surface area contributed by atoms with E-state index >= 15 is 0 Å². The van der Waals surface area contributed by atoms with Crippen LogP contribution < -0.4 is 10.6 Å². The maximum Gasteiger partial charge on any atom is 0.191 e. The van der Waals surface area contributed by atoms with Crippen LogP contribution in [-0.2, 0) is 11.2 Å². The Hall–Kier alpha value is -0.570. The molecule has 0 spiro atoms. The molecule has 1 aromatic carbocycles. The average Bonchev–Trinajstić information content (AvgIpc) is 3.09. The summed E-state index contributed by atoms with van der Waals surface area (Å²) < 4.78 is 6.02. The van der Waals surface area contributed by atoms with Gasteiger partial charge in [0.1, 0.15) is 0 Å². The standard InChI is InChI=1S/C21H33ClN4O.HI/c1-21(2,11-16-6-4-7-17(22)10-16)15-25-20(23-3)24-12-19-13-26-9-5-8-18(26)14-27-19;/h4,6-7,10,18-19H,5,8-9,11-15H2,1-3H3,(H2,23,24,25);1H. The van der Waals surface area contributed by atoms with Crippen LogP contribution >= 0.6 is 35.6 Å². The van der Waals surface area contributed by atoms with E-state index in [1.807, 2.05) is 25.2 Å². The second-order valence-corrected chi connectivity index (χ2v) is 8.96. The van der Waals surface area contributed by atoms with E-state index in [9.17, 15) is 0 Å². The molecule has 2 atom stereocenters. The van der Waals surface area contributed by atoms with Gasteiger partial charge in [-0.1, -0.05) is 37.6 Å². The summed E-state index contributed by atoms with van der Waals surface area (Å²) in [7, 11) is 1.82. The minimum atomic E-state index is 0. The molecule has 5 nitrogen and oxygen atoms in total. The van der Waals surface area contributed by atoms with E-state index < -0.39 is 0 Å². The molecule has 2 fully saturated rings. The zero-order chi connectivity index (χ0) is 19.3. The van der Waals surface area contributed by atoms with Crippen LogP contribution in [0.4, 0.5) is 0 Å². The van der Waals surface area contributed by atoms with Crippen LogP contribution in [0.5, 0.6) is 0 Å². The lowest BCUT2D eigenvalue weighted by Gasteiger charge is -2.35. The molecule has 2 N–H and O–H groups in total. The SMILES string of the molecule is CN=C(NCC1CN2CCCC2CO1)NCC(C)(C)Cc1cccc(Cl)c1.I. The average molecular weight is 521 g/mol. The molecule has 0 amide bonds. The summed E-state index contributed by atoms with van der Waals surface area (Å²) in [5.74, 6) is 0.835. The van der Waals surface area contributed by atoms with Gasteiger partial charge in [-0.2, -0.15) is 0 Å². The largest absolute Gasteiger partial charge is 0.373 e. The lowest BCUT2D eigenvalue weighted by atomic mass is 9.86. The molecule has 0 saturated carbocycles. The third kappa shape index (κ3) is 7.04. The van der Waals surface area contributed by atoms with Crippen LogP contribution in [0.3, 0.4) is 0 Å². The third-order valence-corrected chi connectivity index (χ3v) is 5.72. The number of fused-ring (bicyclic) bond motifs is 1. The van der Waals surface area contributed by atoms with E-state index in [2.05, 4.69) is 40.4 Å². The number of rotatable bonds is 6. The number of ether oxygens (including phenoxy) is 1. The van der Waals surface area contributed by atoms with Crippen molar-refractivity contribution in [3.63, 3.8) is 0 Å². The van der Waals surface area contributed by atoms with Crippen LogP contribution in [0.25, 0.3) is 0 Å². The fourth-order valence-electron chi connectivity index (χ4n) is 4.03. The topological polar surface area (TPSA) is 48.9 Å². The molecule has 1 aromatic rings. The first-order chi connectivity index (χ1) is 12.9. The first-order valence-electron chi connectivity index (χ1n) is 10.00. The van der Waals surface area contributed by atoms with E-state index in [0.717, 1.165) is 43.6 Å². The normalized spacial score (nSPS) is 23.1. The van der Waals surface area contributed by atoms with Crippen molar-refractivity contribution in [3.8, 4) is 0 Å². The highest BCUT2D eigenvalue weighted by Crippen LogP contribution is 2.23. The second kappa shape index (κ2) is 11.0. The van der Waals surface area contributed by atoms with Crippen molar-refractivity contribution < 1.29 is 4.74 Å². The number of morpholine rings is 1. The summed E-state index contributed by atoms with van der Waals surface area (Å²) in [4.78, 5) is 6.94. The molecular weight excluding hydrogens is 487 g/mol. The van der Waals surface area contributed by atoms with Crippen LogP contribution in [0.2, 0.25) is 5.02 Å². The summed E-state index contributed by atoms with van der Waals surface area (Å²) in [6, 6.07) is 8.75. The van der Waals surface area contributed by atoms with E-state index in [-0.39, 0.29) is 35.5 Å². The van der Waals surface area contributed by atoms with Crippen LogP contribution in [-0.4, -0.2) is 62.8 Å². The molecule has 2 unspecified atom stereocenters. The van der Waals surface area contributed by atoms with Crippen molar-refractivity contribution in [1.29, 1.82) is 0 Å². The van der Waals surface area contributed by atoms with Crippen LogP contribution in [0.1, 0.15) is 32.3 Å². The smallest absolute Gasteiger partial charge is 0.191 e. The van der Waals surface area contributed by atoms with E-state index in [0.29, 0.717) is 6.04 Å². The van der Waals surface area contributed by atoms with Gasteiger partial charge in [-0.25, -0.2) is 0 Å². The molecule has 7 heteroatoms. The monoisotopic (exact) mass is 520 g/mol. The Morgan fingerprint density at radius 3 is 2.93 bits per heavy atom. The van der Waals surface area contributed by atoms with E-state index in [1.165, 1.54) is 24.9 Å². The van der Waals surface area contributed by atoms with Gasteiger partial charge in [0.2, 0.25) is 0 Å². The number of aliphatic imine (C=N–C) groups is 1. The molecular formula is C21H34ClIN4O. The fourth-order valence-corrected chi connectivity index (χ4v) is 4.24. The number of nitrogens with one attached hydrogen (secondary N) is 2. The van der Waals surface area contributed by atoms with Crippen LogP contribution in [0, 0.1) is 5.41 Å². The third-order valence-electron chi connectivity index (χ3n) is 5.49. The lowest BCUT2D eigenvalue weighted by Crippen LogP contribution is -2.52. The number of guanidine groups is 1. The molecule has 28 heavy (non-hydrogen) atoms. The summed E-state index contributed by atoms with van der Waals surface area (Å²) in [5, 5.41) is 7.69. The predicted molar refractivity (Wildman–Crippen MR) is 128 cm³/mol. The van der Waals surface area contributed by atoms with E-state index in [1.54, 1.807) is 0 Å². The van der Waals surface area contributed by atoms with Crippen molar-refractivity contribution in [3.05, 3.63) is 34.9 Å². The fraction of sp³-hybridized carbons (Fsp3) is 0.667. The number of halogens is 2. The quantitative estimate of drug-likeness (QED) is 0.342. The molecule has 0 radical (unpaired) electrons. The highest BCUT2D eigenvalue weighted by atomic mass is 127. The zero-order valence-corrected chi connectivity index (χ0v) is 20.3. The molecule has 2 aliphatic heterocycles. The van der Waals surface area contributed by atoms with Gasteiger partial charge >= 0.3 is 0 Å². The van der Waals surface area contributed by atoms with Gasteiger partial charge in [-0.3, -0.25) is 9.89 Å². The van der Waals surface area contributed by atoms with Crippen molar-refractivity contribution in [2.24, 2.45) is 10.4 Å². The first-order valence-corrected chi connectivity index (χ1v) is 10.4. The van der Waals surface area contributed by atoms with Crippen molar-refractivity contribution in [2.45, 2.75) is 45.3 Å². The molecule has 2 heterocycles. The van der Waals surface area contributed by atoms with Gasteiger partial charge in [0, 0.05) is 37.7 Å². The Morgan fingerprint density at radius 2 is 2.18 bits per heavy atom. The van der Waals surface area contributed by atoms with Crippen LogP contribution in [0.15, 0.2) is 29.3 Å². The van der Waals surface area contributed by atoms with Gasteiger partial charge in [0.05, 0.1) is 12.7 Å². The lowest BCUT2D eigenvalue weighted by molar-refractivity contribution is -0.0453. The molecule has 0 aromatic heterocycles. The Bertz CT molecular complexity index is 655. The first kappa shape index (κ1) is 23.7. The molecule has 2 saturated heterocycles. The molecule has 0 aliphatic carbocycles. The molecule has 158 valence electrons. The number of hydrogen-bond donors (Lipinski definition) is 2. The van der Waals surface area contributed by atoms with Gasteiger partial charge in [-0.05, 0) is 48.9 Å². The highest BCUT2D eigenvalue weighted by Gasteiger charge is 2.32. The number of nitrogens with zero attached hydrogens (tertiary/aromatic N) is 2. The molecule has 3 rings (SSSR count). The minimum Gasteiger partial charge on any atom is -0.373 e. The molecule has 2 aliphatic rings. The van der Waals surface area contributed by atoms with Gasteiger partial charge in [0.25, 0.3) is 0 Å². The van der Waals surface area contributed by atoms with Gasteiger partial charge < -0.3 is 15.4 Å². The summed E-state index contributed by atoms with van der Waals surface area (Å²) >= 11 is 6.11. The number of benzene rings is 1. The van der Waals surface area contributed by atoms with Gasteiger partial charge in [0.15, 0.2) is 5.96 Å². The predicted octanol–water partition coefficient (Wildman–Crippen LogP) is 3.55. The van der Waals surface area contributed by atoms with Gasteiger partial charge in [-0.15, -0.1) is 24.0 Å². The van der Waals surface area contributed by atoms with Crippen molar-refractivity contribution >= 4 is 41.5 Å².